The molecule has 0 aliphatic carbocycles. The van der Waals surface area contributed by atoms with Gasteiger partial charge in [-0.15, -0.1) is 23.1 Å². The van der Waals surface area contributed by atoms with Gasteiger partial charge in [0.25, 0.3) is 11.8 Å². The highest BCUT2D eigenvalue weighted by molar-refractivity contribution is 8.14. The summed E-state index contributed by atoms with van der Waals surface area (Å²) in [5, 5.41) is 103. The van der Waals surface area contributed by atoms with Gasteiger partial charge in [0.2, 0.25) is 29.5 Å². The van der Waals surface area contributed by atoms with E-state index in [2.05, 4.69) is 61.8 Å². The number of aliphatic hydroxyl groups excluding tert-OH is 7. The number of hydrogen-bond acceptors (Lipinski definition) is 31. The van der Waals surface area contributed by atoms with E-state index in [1.54, 1.807) is 5.38 Å². The molecule has 0 radical (unpaired) electrons. The number of nitrogens with two attached hydrogens (primary N) is 6. The first kappa shape index (κ1) is 75.3. The van der Waals surface area contributed by atoms with Gasteiger partial charge in [0.1, 0.15) is 88.9 Å². The van der Waals surface area contributed by atoms with Crippen molar-refractivity contribution in [3.63, 3.8) is 0 Å². The lowest BCUT2D eigenvalue weighted by molar-refractivity contribution is -0.369. The molecule has 94 heavy (non-hydrogen) atoms. The standard InChI is InChI=1S/C53H81N19O20S2/c1-17-31(69-44(72-42(17)58)23(10-29(57)75)64-11-22(54)43(59)81)48(85)71-33(39(24-12-61-16-65-24)90-52-41(37(79)35(77)21(5)88-52)91-51-38(80)40(92-53(60)87)36(78)27(13-73)89-51)49(86)66-19(3)34(76)18(2)45(82)70-32(20(4)74)47(84)63-9-7-30-67-26(15-93-30)50-68-25(14-94-50)46(83)62-8-6-28(55)56/h12,14,16,18-23,26-27,32-41,51-52,64,73-74,76-80H,6-11,13,15,54H2,1-5H3,(H3,55,56)(H2,57,75)(H2,59,81)(H2,60,87)(H,61,65)(H,62,83)(H,63,84)(H,66,86)(H,70,82)(H,71,85)(H2,58,69,72)/t18-,19+,20+,21-,22-,23-,26+,27+,32-,33-,34-,35+,36+,37-,38-,39-,40-,41-,51+,52-/m0/s1. The Balaban J connectivity index is 1.25. The zero-order valence-corrected chi connectivity index (χ0v) is 53.0. The number of aromatic amines is 1. The van der Waals surface area contributed by atoms with Gasteiger partial charge < -0.3 is 131 Å². The molecule has 27 N–H and O–H groups in total. The number of H-pyrrole nitrogens is 1. The van der Waals surface area contributed by atoms with E-state index in [1.165, 1.54) is 57.7 Å². The summed E-state index contributed by atoms with van der Waals surface area (Å²) in [6.07, 6.45) is -23.4. The lowest BCUT2D eigenvalue weighted by atomic mass is 9.96. The first-order valence-corrected chi connectivity index (χ1v) is 31.1. The third kappa shape index (κ3) is 19.7. The maximum Gasteiger partial charge on any atom is 0.404 e. The van der Waals surface area contributed by atoms with Crippen LogP contribution in [-0.2, 0) is 47.7 Å². The van der Waals surface area contributed by atoms with Crippen molar-refractivity contribution < 1.29 is 97.8 Å². The fraction of sp³-hybridized carbons (Fsp3) is 0.623. The van der Waals surface area contributed by atoms with Crippen LogP contribution in [0.5, 0.6) is 0 Å². The second-order valence-electron chi connectivity index (χ2n) is 22.3. The number of nitrogen functional groups attached to an aromatic ring is 1. The molecule has 20 atom stereocenters. The Bertz CT molecular complexity index is 3190. The van der Waals surface area contributed by atoms with Crippen molar-refractivity contribution in [1.82, 2.24) is 56.8 Å². The monoisotopic (exact) mass is 1370 g/mol. The van der Waals surface area contributed by atoms with Crippen molar-refractivity contribution in [3.05, 3.63) is 51.4 Å². The molecule has 3 aromatic heterocycles. The topological polar surface area (TPSA) is 656 Å². The third-order valence-electron chi connectivity index (χ3n) is 15.1. The van der Waals surface area contributed by atoms with Crippen LogP contribution in [0.4, 0.5) is 10.6 Å². The number of amides is 8. The second-order valence-corrected chi connectivity index (χ2v) is 24.3. The Morgan fingerprint density at radius 3 is 2.19 bits per heavy atom. The molecule has 8 amide bonds. The Morgan fingerprint density at radius 2 is 1.56 bits per heavy atom. The van der Waals surface area contributed by atoms with Crippen molar-refractivity contribution in [1.29, 1.82) is 5.41 Å². The molecule has 0 spiro atoms. The molecule has 3 aromatic rings. The molecule has 0 aromatic carbocycles. The maximum atomic E-state index is 15.2. The lowest BCUT2D eigenvalue weighted by Crippen LogP contribution is -2.65. The molecule has 6 rings (SSSR count). The summed E-state index contributed by atoms with van der Waals surface area (Å²) in [7, 11) is 0. The number of anilines is 1. The molecule has 6 heterocycles. The minimum absolute atomic E-state index is 0.0107. The van der Waals surface area contributed by atoms with Crippen molar-refractivity contribution in [2.45, 2.75) is 170 Å². The van der Waals surface area contributed by atoms with Crippen LogP contribution in [0.1, 0.15) is 108 Å². The van der Waals surface area contributed by atoms with E-state index < -0.39 is 182 Å². The summed E-state index contributed by atoms with van der Waals surface area (Å²) in [4.78, 5) is 130. The van der Waals surface area contributed by atoms with Gasteiger partial charge in [-0.25, -0.2) is 24.7 Å². The Hall–Kier alpha value is -7.75. The van der Waals surface area contributed by atoms with E-state index in [9.17, 15) is 69.3 Å². The molecule has 0 unspecified atom stereocenters. The van der Waals surface area contributed by atoms with E-state index >= 15 is 4.79 Å². The van der Waals surface area contributed by atoms with Crippen LogP contribution in [0.2, 0.25) is 0 Å². The summed E-state index contributed by atoms with van der Waals surface area (Å²) < 4.78 is 28.9. The van der Waals surface area contributed by atoms with Crippen LogP contribution in [0, 0.1) is 18.3 Å². The number of carbonyl (C=O) groups excluding carboxylic acids is 8. The molecular formula is C53H81N19O20S2. The quantitative estimate of drug-likeness (QED) is 0.0199. The minimum Gasteiger partial charge on any atom is -0.441 e. The number of aromatic nitrogens is 5. The average Bonchev–Trinajstić information content (AvgIpc) is 0.855. The molecule has 520 valence electrons. The summed E-state index contributed by atoms with van der Waals surface area (Å²) >= 11 is 2.65. The van der Waals surface area contributed by atoms with Crippen LogP contribution in [0.3, 0.4) is 0 Å². The van der Waals surface area contributed by atoms with E-state index in [-0.39, 0.29) is 72.9 Å². The van der Waals surface area contributed by atoms with Gasteiger partial charge in [-0.05, 0) is 27.7 Å². The molecule has 0 bridgehead atoms. The molecule has 41 heteroatoms. The molecule has 0 saturated carbocycles. The molecule has 3 aliphatic rings. The Kier molecular flexibility index (Phi) is 27.3. The number of carbonyl (C=O) groups is 8. The van der Waals surface area contributed by atoms with Crippen LogP contribution >= 0.6 is 23.1 Å². The van der Waals surface area contributed by atoms with Crippen molar-refractivity contribution in [3.8, 4) is 0 Å². The number of aliphatic hydroxyl groups is 7. The smallest absolute Gasteiger partial charge is 0.404 e. The first-order chi connectivity index (χ1) is 44.3. The van der Waals surface area contributed by atoms with Crippen molar-refractivity contribution in [2.24, 2.45) is 39.6 Å². The van der Waals surface area contributed by atoms with Crippen molar-refractivity contribution in [2.75, 3.05) is 37.7 Å². The Morgan fingerprint density at radius 1 is 0.851 bits per heavy atom. The normalized spacial score (nSPS) is 25.7. The molecule has 2 saturated heterocycles. The van der Waals surface area contributed by atoms with E-state index in [1.807, 2.05) is 0 Å². The Labute approximate surface area is 543 Å². The number of ether oxygens (including phenoxy) is 5. The predicted molar refractivity (Wildman–Crippen MR) is 328 cm³/mol. The number of thioether (sulfide) groups is 1. The van der Waals surface area contributed by atoms with Crippen LogP contribution in [0.25, 0.3) is 0 Å². The molecule has 2 fully saturated rings. The van der Waals surface area contributed by atoms with E-state index in [4.69, 9.17) is 63.5 Å². The summed E-state index contributed by atoms with van der Waals surface area (Å²) in [6.45, 7) is 5.25. The van der Waals surface area contributed by atoms with Gasteiger partial charge in [-0.1, -0.05) is 6.92 Å². The number of hydrogen-bond donors (Lipinski definition) is 21. The number of aliphatic imine (C=N–C) groups is 1. The number of nitrogens with zero attached hydrogens (tertiary/aromatic N) is 5. The summed E-state index contributed by atoms with van der Waals surface area (Å²) in [6, 6.07) is -8.09. The fourth-order valence-corrected chi connectivity index (χ4v) is 11.7. The highest BCUT2D eigenvalue weighted by atomic mass is 32.2. The van der Waals surface area contributed by atoms with Gasteiger partial charge in [-0.3, -0.25) is 44.0 Å². The largest absolute Gasteiger partial charge is 0.441 e. The van der Waals surface area contributed by atoms with Crippen LogP contribution < -0.4 is 66.3 Å². The van der Waals surface area contributed by atoms with E-state index in [0.29, 0.717) is 15.8 Å². The van der Waals surface area contributed by atoms with Crippen molar-refractivity contribution >= 4 is 87.2 Å². The fourth-order valence-electron chi connectivity index (χ4n) is 9.70. The van der Waals surface area contributed by atoms with Gasteiger partial charge in [0.05, 0.1) is 78.1 Å². The average molecular weight is 1370 g/mol. The maximum absolute atomic E-state index is 15.2. The molecule has 39 nitrogen and oxygen atoms in total. The van der Waals surface area contributed by atoms with Gasteiger partial charge in [0, 0.05) is 55.6 Å². The zero-order chi connectivity index (χ0) is 69.6. The van der Waals surface area contributed by atoms with Crippen LogP contribution in [0.15, 0.2) is 22.9 Å². The van der Waals surface area contributed by atoms with Gasteiger partial charge in [-0.2, -0.15) is 0 Å². The third-order valence-corrected chi connectivity index (χ3v) is 17.2. The SMILES string of the molecule is Cc1c(N)nc([C@H](CC(N)=O)NC[C@H](N)C(N)=O)nc1C(=O)N[C@H](C(=O)N[C@H](C)[C@@H](O)[C@H](C)C(=O)N[C@H](C(=O)NCCC1=N[C@@H](c2nc(C(=O)NCCC(=N)N)cs2)CS1)[C@@H](C)O)[C@@H](O[C@@H]1O[C@@H](C)[C@@H](O)[C@H](O)[C@@H]1O[C@H]1O[C@H](CO)[C@@H](O)[C@H](OC(N)=O)[C@@H]1O)c1cnc[nH]1. The number of amidine groups is 1. The number of nitrogens with one attached hydrogen (secondary N) is 8. The molecule has 3 aliphatic heterocycles. The predicted octanol–water partition coefficient (Wildman–Crippen LogP) is -7.71. The van der Waals surface area contributed by atoms with Crippen LogP contribution in [-0.4, -0.2) is 249 Å². The summed E-state index contributed by atoms with van der Waals surface area (Å²) in [5.41, 5.74) is 32.9. The zero-order valence-electron chi connectivity index (χ0n) is 51.4. The minimum atomic E-state index is -2.13. The first-order valence-electron chi connectivity index (χ1n) is 29.2. The second kappa shape index (κ2) is 34.1. The highest BCUT2D eigenvalue weighted by Gasteiger charge is 2.53. The number of primary amides is 3. The molecular weight excluding hydrogens is 1290 g/mol. The summed E-state index contributed by atoms with van der Waals surface area (Å²) in [5.74, 6) is -8.22. The van der Waals surface area contributed by atoms with E-state index in [0.717, 1.165) is 12.5 Å². The number of rotatable bonds is 33. The number of thiazole rings is 1. The van der Waals surface area contributed by atoms with Gasteiger partial charge in [0.15, 0.2) is 18.7 Å². The lowest BCUT2D eigenvalue weighted by Gasteiger charge is -2.46. The van der Waals surface area contributed by atoms with Gasteiger partial charge >= 0.3 is 6.09 Å². The number of imidazole rings is 1. The highest BCUT2D eigenvalue weighted by Crippen LogP contribution is 2.36.